The molecule has 0 atom stereocenters. The topological polar surface area (TPSA) is 88.2 Å². The molecule has 8 heteroatoms. The number of H-pyrrole nitrogens is 1. The quantitative estimate of drug-likeness (QED) is 0.742. The molecule has 0 radical (unpaired) electrons. The number of aromatic nitrogens is 3. The van der Waals surface area contributed by atoms with E-state index in [-0.39, 0.29) is 6.68 Å². The highest BCUT2D eigenvalue weighted by atomic mass is 32.2. The highest BCUT2D eigenvalue weighted by Crippen LogP contribution is 2.36. The second-order valence-electron chi connectivity index (χ2n) is 7.03. The van der Waals surface area contributed by atoms with Crippen molar-refractivity contribution in [3.8, 4) is 11.3 Å². The molecule has 1 aliphatic heterocycles. The summed E-state index contributed by atoms with van der Waals surface area (Å²) in [5.74, 6) is 0.883. The third-order valence-corrected chi connectivity index (χ3v) is 7.44. The van der Waals surface area contributed by atoms with Crippen molar-refractivity contribution in [2.24, 2.45) is 0 Å². The van der Waals surface area contributed by atoms with E-state index in [1.807, 2.05) is 12.1 Å². The summed E-state index contributed by atoms with van der Waals surface area (Å²) < 4.78 is 30.6. The van der Waals surface area contributed by atoms with Crippen LogP contribution in [0.25, 0.3) is 22.2 Å². The van der Waals surface area contributed by atoms with Crippen molar-refractivity contribution in [3.63, 3.8) is 0 Å². The van der Waals surface area contributed by atoms with Crippen LogP contribution < -0.4 is 4.90 Å². The van der Waals surface area contributed by atoms with Crippen molar-refractivity contribution < 1.29 is 14.6 Å². The number of anilines is 1. The molecule has 1 saturated heterocycles. The van der Waals surface area contributed by atoms with E-state index >= 15 is 0 Å². The molecule has 27 heavy (non-hydrogen) atoms. The van der Waals surface area contributed by atoms with Gasteiger partial charge < -0.3 is 9.64 Å². The number of rotatable bonds is 4. The van der Waals surface area contributed by atoms with Crippen molar-refractivity contribution in [2.45, 2.75) is 23.0 Å². The average Bonchev–Trinajstić information content (AvgIpc) is 3.49. The van der Waals surface area contributed by atoms with E-state index in [9.17, 15) is 8.42 Å². The van der Waals surface area contributed by atoms with Crippen molar-refractivity contribution in [3.05, 3.63) is 36.5 Å². The van der Waals surface area contributed by atoms with Gasteiger partial charge in [-0.05, 0) is 43.2 Å². The largest absolute Gasteiger partial charge is 0.378 e. The van der Waals surface area contributed by atoms with Crippen LogP contribution in [0.1, 0.15) is 14.3 Å². The molecule has 142 valence electrons. The number of nitrogens with one attached hydrogen (secondary N) is 1. The molecule has 3 heterocycles. The molecule has 1 aromatic carbocycles. The zero-order valence-electron chi connectivity index (χ0n) is 14.8. The Morgan fingerprint density at radius 1 is 1.15 bits per heavy atom. The van der Waals surface area contributed by atoms with Crippen LogP contribution in [0.2, 0.25) is 0 Å². The Kier molecular flexibility index (Phi) is 3.91. The number of morpholine rings is 1. The predicted molar refractivity (Wildman–Crippen MR) is 105 cm³/mol. The number of aromatic amines is 1. The Bertz CT molecular complexity index is 1110. The molecule has 1 aliphatic carbocycles. The number of hydrogen-bond donors (Lipinski definition) is 1. The lowest BCUT2D eigenvalue weighted by atomic mass is 10.1. The second-order valence-corrected chi connectivity index (χ2v) is 9.25. The van der Waals surface area contributed by atoms with Crippen LogP contribution in [0.5, 0.6) is 0 Å². The number of nitrogens with zero attached hydrogens (tertiary/aromatic N) is 3. The van der Waals surface area contributed by atoms with Crippen LogP contribution in [0.4, 0.5) is 5.82 Å². The summed E-state index contributed by atoms with van der Waals surface area (Å²) in [6.45, 7) is 3.00. The van der Waals surface area contributed by atoms with Crippen LogP contribution in [0, 0.1) is 0 Å². The third-order valence-electron chi connectivity index (χ3n) is 5.18. The Hall–Kier alpha value is -2.45. The summed E-state index contributed by atoms with van der Waals surface area (Å²) in [4.78, 5) is 7.04. The smallest absolute Gasteiger partial charge is 0.181 e. The van der Waals surface area contributed by atoms with Crippen molar-refractivity contribution in [1.29, 1.82) is 0 Å². The van der Waals surface area contributed by atoms with E-state index in [1.54, 1.807) is 24.4 Å². The number of ether oxygens (including phenoxy) is 1. The summed E-state index contributed by atoms with van der Waals surface area (Å²) >= 11 is 0. The lowest BCUT2D eigenvalue weighted by molar-refractivity contribution is 0.122. The number of fused-ring (bicyclic) bond motifs is 1. The minimum absolute atomic E-state index is 0. The Labute approximate surface area is 158 Å². The summed E-state index contributed by atoms with van der Waals surface area (Å²) in [6.07, 6.45) is 3.28. The summed E-state index contributed by atoms with van der Waals surface area (Å²) in [6, 6.07) is 9.12. The maximum Gasteiger partial charge on any atom is 0.181 e. The van der Waals surface area contributed by atoms with Gasteiger partial charge in [0.25, 0.3) is 0 Å². The molecule has 1 N–H and O–H groups in total. The molecule has 7 nitrogen and oxygen atoms in total. The Balaban J connectivity index is 0.00000192. The van der Waals surface area contributed by atoms with E-state index in [0.717, 1.165) is 53.9 Å². The van der Waals surface area contributed by atoms with Crippen LogP contribution in [0.3, 0.4) is 0 Å². The first-order chi connectivity index (χ1) is 13.1. The molecule has 0 bridgehead atoms. The fraction of sp³-hybridized carbons (Fsp3) is 0.368. The first kappa shape index (κ1) is 16.7. The molecule has 1 saturated carbocycles. The highest BCUT2D eigenvalue weighted by molar-refractivity contribution is 7.92. The molecule has 3 aromatic rings. The third kappa shape index (κ3) is 2.98. The van der Waals surface area contributed by atoms with Gasteiger partial charge in [-0.1, -0.05) is 0 Å². The van der Waals surface area contributed by atoms with Gasteiger partial charge in [0.2, 0.25) is 0 Å². The Morgan fingerprint density at radius 3 is 2.74 bits per heavy atom. The molecular formula is C19H22N4O3S. The summed E-state index contributed by atoms with van der Waals surface area (Å²) in [5.41, 5.74) is 2.48. The molecule has 2 aromatic heterocycles. The summed E-state index contributed by atoms with van der Waals surface area (Å²) in [7, 11) is -3.24. The molecule has 0 amide bonds. The standard InChI is InChI=1S/C19H20N4O3S.H2/c24-27(25,14-1-2-14)15-3-4-17-16(12-15)19(22-21-17)13-5-6-20-18(11-13)23-7-9-26-10-8-23;/h3-6,11-12,14H,1-2,7-10H2,(H,21,22);1H. The first-order valence-corrected chi connectivity index (χ1v) is 10.7. The van der Waals surface area contributed by atoms with Crippen LogP contribution in [0.15, 0.2) is 41.4 Å². The fourth-order valence-electron chi connectivity index (χ4n) is 3.49. The predicted octanol–water partition coefficient (Wildman–Crippen LogP) is 2.64. The van der Waals surface area contributed by atoms with Crippen LogP contribution in [-0.2, 0) is 14.6 Å². The van der Waals surface area contributed by atoms with Crippen molar-refractivity contribution in [2.75, 3.05) is 31.2 Å². The molecule has 5 rings (SSSR count). The number of benzene rings is 1. The maximum atomic E-state index is 12.6. The van der Waals surface area contributed by atoms with E-state index in [2.05, 4.69) is 20.1 Å². The highest BCUT2D eigenvalue weighted by Gasteiger charge is 2.37. The van der Waals surface area contributed by atoms with Gasteiger partial charge in [-0.2, -0.15) is 5.10 Å². The van der Waals surface area contributed by atoms with Gasteiger partial charge >= 0.3 is 0 Å². The van der Waals surface area contributed by atoms with Crippen molar-refractivity contribution >= 4 is 26.6 Å². The van der Waals surface area contributed by atoms with Gasteiger partial charge in [0.1, 0.15) is 11.5 Å². The number of hydrogen-bond acceptors (Lipinski definition) is 6. The van der Waals surface area contributed by atoms with Crippen molar-refractivity contribution in [1.82, 2.24) is 15.2 Å². The molecule has 2 aliphatic rings. The normalized spacial score (nSPS) is 18.1. The molecule has 0 spiro atoms. The lowest BCUT2D eigenvalue weighted by Gasteiger charge is -2.27. The van der Waals surface area contributed by atoms with E-state index < -0.39 is 9.84 Å². The molecular weight excluding hydrogens is 364 g/mol. The fourth-order valence-corrected chi connectivity index (χ4v) is 5.17. The molecule has 2 fully saturated rings. The van der Waals surface area contributed by atoms with Gasteiger partial charge in [-0.15, -0.1) is 0 Å². The van der Waals surface area contributed by atoms with Gasteiger partial charge in [0, 0.05) is 31.7 Å². The monoisotopic (exact) mass is 386 g/mol. The van der Waals surface area contributed by atoms with Gasteiger partial charge in [-0.3, -0.25) is 5.10 Å². The van der Waals surface area contributed by atoms with Crippen LogP contribution in [-0.4, -0.2) is 55.2 Å². The SMILES string of the molecule is O=S(=O)(c1ccc2[nH]nc(-c3ccnc(N4CCOCC4)c3)c2c1)C1CC1.[HH]. The molecule has 0 unspecified atom stereocenters. The van der Waals surface area contributed by atoms with Gasteiger partial charge in [0.05, 0.1) is 28.9 Å². The number of pyridine rings is 1. The minimum Gasteiger partial charge on any atom is -0.378 e. The zero-order chi connectivity index (χ0) is 18.4. The van der Waals surface area contributed by atoms with Gasteiger partial charge in [0.15, 0.2) is 9.84 Å². The number of sulfone groups is 1. The van der Waals surface area contributed by atoms with Gasteiger partial charge in [-0.25, -0.2) is 13.4 Å². The Morgan fingerprint density at radius 2 is 1.96 bits per heavy atom. The van der Waals surface area contributed by atoms with E-state index in [4.69, 9.17) is 4.74 Å². The lowest BCUT2D eigenvalue weighted by Crippen LogP contribution is -2.36. The van der Waals surface area contributed by atoms with E-state index in [0.29, 0.717) is 18.1 Å². The van der Waals surface area contributed by atoms with Crippen LogP contribution >= 0.6 is 0 Å². The summed E-state index contributed by atoms with van der Waals surface area (Å²) in [5, 5.41) is 8.05. The minimum atomic E-state index is -3.24. The zero-order valence-corrected chi connectivity index (χ0v) is 15.6. The first-order valence-electron chi connectivity index (χ1n) is 9.14. The van der Waals surface area contributed by atoms with E-state index in [1.165, 1.54) is 0 Å². The maximum absolute atomic E-state index is 12.6. The average molecular weight is 386 g/mol. The second kappa shape index (κ2) is 6.31.